The fourth-order valence-corrected chi connectivity index (χ4v) is 1.33. The predicted octanol–water partition coefficient (Wildman–Crippen LogP) is 2.96. The van der Waals surface area contributed by atoms with E-state index in [0.29, 0.717) is 0 Å². The second-order valence-electron chi connectivity index (χ2n) is 4.71. The van der Waals surface area contributed by atoms with Crippen molar-refractivity contribution in [2.24, 2.45) is 16.3 Å². The Kier molecular flexibility index (Phi) is 4.20. The van der Waals surface area contributed by atoms with E-state index >= 15 is 0 Å². The summed E-state index contributed by atoms with van der Waals surface area (Å²) in [6, 6.07) is 2.03. The summed E-state index contributed by atoms with van der Waals surface area (Å²) in [5.74, 6) is 5.08. The molecule has 0 unspecified atom stereocenters. The second-order valence-corrected chi connectivity index (χ2v) is 4.71. The van der Waals surface area contributed by atoms with E-state index in [1.165, 1.54) is 0 Å². The van der Waals surface area contributed by atoms with Crippen molar-refractivity contribution in [1.29, 1.82) is 0 Å². The molecule has 0 atom stereocenters. The lowest BCUT2D eigenvalue weighted by Gasteiger charge is -2.20. The van der Waals surface area contributed by atoms with E-state index in [2.05, 4.69) is 36.2 Å². The molecule has 17 heavy (non-hydrogen) atoms. The van der Waals surface area contributed by atoms with Gasteiger partial charge in [-0.2, -0.15) is 0 Å². The van der Waals surface area contributed by atoms with Gasteiger partial charge in [0.15, 0.2) is 0 Å². The Hall–Kier alpha value is -1.91. The van der Waals surface area contributed by atoms with Crippen LogP contribution >= 0.6 is 0 Å². The number of pyridine rings is 1. The Morgan fingerprint density at radius 2 is 2.06 bits per heavy atom. The summed E-state index contributed by atoms with van der Waals surface area (Å²) in [5, 5.41) is 8.70. The van der Waals surface area contributed by atoms with E-state index < -0.39 is 0 Å². The molecule has 0 amide bonds. The van der Waals surface area contributed by atoms with Gasteiger partial charge in [0.2, 0.25) is 0 Å². The maximum absolute atomic E-state index is 5.08. The first kappa shape index (κ1) is 13.2. The maximum atomic E-state index is 5.08. The molecule has 5 heteroatoms. The van der Waals surface area contributed by atoms with Crippen LogP contribution in [0.2, 0.25) is 0 Å². The van der Waals surface area contributed by atoms with Gasteiger partial charge in [-0.05, 0) is 29.2 Å². The van der Waals surface area contributed by atoms with Crippen LogP contribution in [-0.2, 0) is 5.41 Å². The number of rotatable bonds is 3. The molecular formula is C12H19N5. The number of hydrogen-bond donors (Lipinski definition) is 1. The molecule has 0 saturated heterocycles. The van der Waals surface area contributed by atoms with Crippen LogP contribution in [0.25, 0.3) is 0 Å². The quantitative estimate of drug-likeness (QED) is 0.496. The first-order valence-corrected chi connectivity index (χ1v) is 5.47. The number of allylic oxidation sites excluding steroid dienone is 1. The Bertz CT molecular complexity index is 405. The van der Waals surface area contributed by atoms with E-state index in [9.17, 15) is 0 Å². The third kappa shape index (κ3) is 3.55. The van der Waals surface area contributed by atoms with Gasteiger partial charge in [-0.15, -0.1) is 0 Å². The molecule has 0 saturated carbocycles. The fraction of sp³-hybridized carbons (Fsp3) is 0.417. The highest BCUT2D eigenvalue weighted by Crippen LogP contribution is 2.25. The fourth-order valence-electron chi connectivity index (χ4n) is 1.33. The Morgan fingerprint density at radius 1 is 1.35 bits per heavy atom. The summed E-state index contributed by atoms with van der Waals surface area (Å²) >= 11 is 0. The van der Waals surface area contributed by atoms with Crippen LogP contribution in [0, 0.1) is 0 Å². The molecule has 0 aliphatic rings. The molecule has 0 fully saturated rings. The standard InChI is InChI=1S/C12H19N5/c1-5-6-17(16-15-13)11-7-10(8-14-9-11)12(2,3)4/h5-9H,1-4H3,(H2,13,16)/b6-5-. The normalized spacial score (nSPS) is 12.5. The van der Waals surface area contributed by atoms with Crippen molar-refractivity contribution in [3.63, 3.8) is 0 Å². The monoisotopic (exact) mass is 233 g/mol. The van der Waals surface area contributed by atoms with Gasteiger partial charge in [0, 0.05) is 12.4 Å². The molecule has 0 aliphatic carbocycles. The number of aromatic nitrogens is 1. The van der Waals surface area contributed by atoms with Crippen LogP contribution in [0.5, 0.6) is 0 Å². The summed E-state index contributed by atoms with van der Waals surface area (Å²) in [6.07, 6.45) is 7.22. The van der Waals surface area contributed by atoms with Gasteiger partial charge in [0.05, 0.1) is 11.9 Å². The predicted molar refractivity (Wildman–Crippen MR) is 69.3 cm³/mol. The SMILES string of the molecule is C/C=C\N(/N=N\N)c1cncc(C(C)(C)C)c1. The molecule has 1 aromatic rings. The van der Waals surface area contributed by atoms with Gasteiger partial charge < -0.3 is 5.84 Å². The van der Waals surface area contributed by atoms with Gasteiger partial charge in [-0.1, -0.05) is 32.1 Å². The van der Waals surface area contributed by atoms with Crippen LogP contribution < -0.4 is 10.9 Å². The molecule has 0 bridgehead atoms. The summed E-state index contributed by atoms with van der Waals surface area (Å²) < 4.78 is 0. The van der Waals surface area contributed by atoms with Crippen molar-refractivity contribution in [3.05, 3.63) is 36.3 Å². The molecule has 1 heterocycles. The summed E-state index contributed by atoms with van der Waals surface area (Å²) in [5.41, 5.74) is 2.02. The van der Waals surface area contributed by atoms with E-state index in [0.717, 1.165) is 11.3 Å². The molecule has 5 nitrogen and oxygen atoms in total. The molecule has 0 radical (unpaired) electrons. The highest BCUT2D eigenvalue weighted by molar-refractivity contribution is 5.48. The van der Waals surface area contributed by atoms with Gasteiger partial charge in [0.1, 0.15) is 0 Å². The molecule has 0 aliphatic heterocycles. The molecule has 92 valence electrons. The van der Waals surface area contributed by atoms with E-state index in [1.54, 1.807) is 17.4 Å². The van der Waals surface area contributed by atoms with E-state index in [4.69, 9.17) is 5.84 Å². The number of nitrogens with two attached hydrogens (primary N) is 1. The third-order valence-electron chi connectivity index (χ3n) is 2.29. The van der Waals surface area contributed by atoms with Gasteiger partial charge >= 0.3 is 0 Å². The molecular weight excluding hydrogens is 214 g/mol. The zero-order valence-corrected chi connectivity index (χ0v) is 10.8. The van der Waals surface area contributed by atoms with Crippen LogP contribution in [0.1, 0.15) is 33.3 Å². The number of nitrogens with zero attached hydrogens (tertiary/aromatic N) is 4. The maximum Gasteiger partial charge on any atom is 0.0849 e. The summed E-state index contributed by atoms with van der Waals surface area (Å²) in [4.78, 5) is 4.22. The first-order valence-electron chi connectivity index (χ1n) is 5.47. The Morgan fingerprint density at radius 3 is 2.59 bits per heavy atom. The van der Waals surface area contributed by atoms with Gasteiger partial charge in [0.25, 0.3) is 0 Å². The third-order valence-corrected chi connectivity index (χ3v) is 2.29. The summed E-state index contributed by atoms with van der Waals surface area (Å²) in [7, 11) is 0. The van der Waals surface area contributed by atoms with Crippen LogP contribution in [0.15, 0.2) is 41.2 Å². The topological polar surface area (TPSA) is 66.9 Å². The molecule has 1 aromatic heterocycles. The van der Waals surface area contributed by atoms with Crippen molar-refractivity contribution < 1.29 is 0 Å². The van der Waals surface area contributed by atoms with Crippen molar-refractivity contribution >= 4 is 5.69 Å². The smallest absolute Gasteiger partial charge is 0.0849 e. The van der Waals surface area contributed by atoms with Gasteiger partial charge in [-0.25, -0.2) is 5.01 Å². The number of anilines is 1. The minimum atomic E-state index is 0.0461. The van der Waals surface area contributed by atoms with Crippen LogP contribution in [0.3, 0.4) is 0 Å². The van der Waals surface area contributed by atoms with Crippen molar-refractivity contribution in [1.82, 2.24) is 4.98 Å². The Labute approximate surface area is 102 Å². The highest BCUT2D eigenvalue weighted by Gasteiger charge is 2.15. The number of hydrogen-bond acceptors (Lipinski definition) is 3. The minimum absolute atomic E-state index is 0.0461. The van der Waals surface area contributed by atoms with Crippen molar-refractivity contribution in [3.8, 4) is 0 Å². The zero-order chi connectivity index (χ0) is 12.9. The van der Waals surface area contributed by atoms with E-state index in [1.807, 2.05) is 25.3 Å². The lowest BCUT2D eigenvalue weighted by atomic mass is 9.88. The molecule has 0 aromatic carbocycles. The van der Waals surface area contributed by atoms with E-state index in [-0.39, 0.29) is 5.41 Å². The molecule has 0 spiro atoms. The first-order chi connectivity index (χ1) is 7.99. The minimum Gasteiger partial charge on any atom is -0.303 e. The molecule has 2 N–H and O–H groups in total. The molecule has 1 rings (SSSR count). The highest BCUT2D eigenvalue weighted by atomic mass is 15.6. The average Bonchev–Trinajstić information content (AvgIpc) is 2.28. The lowest BCUT2D eigenvalue weighted by Crippen LogP contribution is -2.14. The Balaban J connectivity index is 3.13. The average molecular weight is 233 g/mol. The van der Waals surface area contributed by atoms with Crippen molar-refractivity contribution in [2.75, 3.05) is 5.01 Å². The second kappa shape index (κ2) is 5.43. The van der Waals surface area contributed by atoms with Crippen LogP contribution in [0.4, 0.5) is 5.69 Å². The van der Waals surface area contributed by atoms with Crippen LogP contribution in [-0.4, -0.2) is 4.98 Å². The zero-order valence-electron chi connectivity index (χ0n) is 10.8. The summed E-state index contributed by atoms with van der Waals surface area (Å²) in [6.45, 7) is 8.31. The largest absolute Gasteiger partial charge is 0.303 e. The van der Waals surface area contributed by atoms with Gasteiger partial charge in [-0.3, -0.25) is 4.98 Å². The lowest BCUT2D eigenvalue weighted by molar-refractivity contribution is 0.587. The van der Waals surface area contributed by atoms with Crippen molar-refractivity contribution in [2.45, 2.75) is 33.1 Å².